The lowest BCUT2D eigenvalue weighted by atomic mass is 10.1. The maximum absolute atomic E-state index is 12.0. The van der Waals surface area contributed by atoms with Gasteiger partial charge in [0, 0.05) is 5.56 Å². The summed E-state index contributed by atoms with van der Waals surface area (Å²) in [6.45, 7) is 0.625. The molecule has 2 aromatic rings. The number of phenols is 1. The molecule has 0 aromatic heterocycles. The number of ether oxygens (including phenoxy) is 2. The Bertz CT molecular complexity index is 889. The van der Waals surface area contributed by atoms with Gasteiger partial charge in [-0.3, -0.25) is 9.59 Å². The number of amides is 1. The fourth-order valence-electron chi connectivity index (χ4n) is 2.04. The van der Waals surface area contributed by atoms with Crippen LogP contribution in [0.4, 0.5) is 0 Å². The highest BCUT2D eigenvalue weighted by Crippen LogP contribution is 2.20. The lowest BCUT2D eigenvalue weighted by Crippen LogP contribution is -2.21. The normalized spacial score (nSPS) is 10.0. The number of carbonyl (C=O) groups excluding carboxylic acids is 4. The summed E-state index contributed by atoms with van der Waals surface area (Å²) in [5.74, 6) is -3.63. The zero-order chi connectivity index (χ0) is 19.3. The van der Waals surface area contributed by atoms with Gasteiger partial charge >= 0.3 is 11.9 Å². The molecule has 2 rings (SSSR count). The molecule has 2 aromatic carbocycles. The summed E-state index contributed by atoms with van der Waals surface area (Å²) < 4.78 is 9.73. The van der Waals surface area contributed by atoms with E-state index in [-0.39, 0.29) is 28.2 Å². The number of nitrogens with two attached hydrogens (primary N) is 1. The van der Waals surface area contributed by atoms with Crippen molar-refractivity contribution >= 4 is 23.6 Å². The van der Waals surface area contributed by atoms with E-state index in [1.165, 1.54) is 25.1 Å². The second-order valence-corrected chi connectivity index (χ2v) is 5.20. The number of benzene rings is 2. The Hall–Kier alpha value is -3.68. The lowest BCUT2D eigenvalue weighted by molar-refractivity contribution is -0.140. The number of para-hydroxylation sites is 1. The Morgan fingerprint density at radius 3 is 2.38 bits per heavy atom. The number of aromatic hydroxyl groups is 1. The second-order valence-electron chi connectivity index (χ2n) is 5.20. The van der Waals surface area contributed by atoms with Crippen molar-refractivity contribution in [3.05, 3.63) is 59.2 Å². The van der Waals surface area contributed by atoms with Gasteiger partial charge < -0.3 is 20.3 Å². The second kappa shape index (κ2) is 7.93. The van der Waals surface area contributed by atoms with E-state index in [9.17, 15) is 24.3 Å². The van der Waals surface area contributed by atoms with E-state index in [1.54, 1.807) is 12.1 Å². The highest BCUT2D eigenvalue weighted by Gasteiger charge is 2.19. The van der Waals surface area contributed by atoms with E-state index in [0.29, 0.717) is 0 Å². The first-order valence-corrected chi connectivity index (χ1v) is 7.40. The first-order chi connectivity index (χ1) is 12.3. The third-order valence-corrected chi connectivity index (χ3v) is 3.33. The number of phenolic OH excluding ortho intramolecular Hbond substituents is 1. The molecule has 3 N–H and O–H groups in total. The Kier molecular flexibility index (Phi) is 5.69. The van der Waals surface area contributed by atoms with Crippen LogP contribution >= 0.6 is 0 Å². The molecule has 0 atom stereocenters. The van der Waals surface area contributed by atoms with E-state index in [1.807, 2.05) is 0 Å². The molecule has 26 heavy (non-hydrogen) atoms. The van der Waals surface area contributed by atoms with Gasteiger partial charge in [-0.1, -0.05) is 12.1 Å². The first kappa shape index (κ1) is 18.7. The fourth-order valence-corrected chi connectivity index (χ4v) is 2.04. The molecule has 1 amide bonds. The van der Waals surface area contributed by atoms with Crippen molar-refractivity contribution in [1.29, 1.82) is 0 Å². The molecule has 0 aliphatic rings. The molecule has 0 aliphatic carbocycles. The van der Waals surface area contributed by atoms with Crippen LogP contribution in [0.2, 0.25) is 0 Å². The molecule has 8 nitrogen and oxygen atoms in total. The Balaban J connectivity index is 2.05. The topological polar surface area (TPSA) is 133 Å². The molecule has 0 spiro atoms. The summed E-state index contributed by atoms with van der Waals surface area (Å²) in [5, 5.41) is 9.70. The van der Waals surface area contributed by atoms with Crippen molar-refractivity contribution in [3.8, 4) is 11.5 Å². The number of esters is 2. The predicted molar refractivity (Wildman–Crippen MR) is 89.0 cm³/mol. The summed E-state index contributed by atoms with van der Waals surface area (Å²) >= 11 is 0. The van der Waals surface area contributed by atoms with Gasteiger partial charge in [0.25, 0.3) is 5.91 Å². The van der Waals surface area contributed by atoms with Crippen molar-refractivity contribution in [2.45, 2.75) is 6.92 Å². The number of rotatable bonds is 6. The van der Waals surface area contributed by atoms with Crippen molar-refractivity contribution in [2.75, 3.05) is 6.61 Å². The minimum absolute atomic E-state index is 0.0609. The molecule has 0 radical (unpaired) electrons. The molecule has 134 valence electrons. The van der Waals surface area contributed by atoms with E-state index < -0.39 is 30.2 Å². The van der Waals surface area contributed by atoms with Gasteiger partial charge in [-0.2, -0.15) is 0 Å². The molecule has 0 aliphatic heterocycles. The Morgan fingerprint density at radius 1 is 1.04 bits per heavy atom. The Labute approximate surface area is 148 Å². The molecular weight excluding hydrogens is 342 g/mol. The van der Waals surface area contributed by atoms with Crippen molar-refractivity contribution in [3.63, 3.8) is 0 Å². The van der Waals surface area contributed by atoms with E-state index in [0.717, 1.165) is 12.1 Å². The lowest BCUT2D eigenvalue weighted by Gasteiger charge is -2.09. The molecule has 0 fully saturated rings. The SMILES string of the molecule is CC(=O)c1ccc(O)c(C(=O)OC(=O)COc2ccccc2C(N)=O)c1. The average Bonchev–Trinajstić information content (AvgIpc) is 2.60. The van der Waals surface area contributed by atoms with Crippen LogP contribution in [0.5, 0.6) is 11.5 Å². The molecule has 0 saturated carbocycles. The van der Waals surface area contributed by atoms with Crippen LogP contribution in [0.3, 0.4) is 0 Å². The van der Waals surface area contributed by atoms with E-state index in [4.69, 9.17) is 10.5 Å². The van der Waals surface area contributed by atoms with Gasteiger partial charge in [0.2, 0.25) is 0 Å². The van der Waals surface area contributed by atoms with Crippen molar-refractivity contribution < 1.29 is 33.8 Å². The van der Waals surface area contributed by atoms with Crippen LogP contribution < -0.4 is 10.5 Å². The maximum atomic E-state index is 12.0. The smallest absolute Gasteiger partial charge is 0.352 e. The largest absolute Gasteiger partial charge is 0.507 e. The third kappa shape index (κ3) is 4.44. The first-order valence-electron chi connectivity index (χ1n) is 7.40. The fraction of sp³-hybridized carbons (Fsp3) is 0.111. The van der Waals surface area contributed by atoms with E-state index >= 15 is 0 Å². The van der Waals surface area contributed by atoms with Crippen LogP contribution in [0.15, 0.2) is 42.5 Å². The van der Waals surface area contributed by atoms with Gasteiger partial charge in [0.05, 0.1) is 5.56 Å². The summed E-state index contributed by atoms with van der Waals surface area (Å²) in [6.07, 6.45) is 0. The minimum atomic E-state index is -1.14. The highest BCUT2D eigenvalue weighted by atomic mass is 16.6. The van der Waals surface area contributed by atoms with E-state index in [2.05, 4.69) is 4.74 Å². The summed E-state index contributed by atoms with van der Waals surface area (Å²) in [5.41, 5.74) is 5.10. The average molecular weight is 357 g/mol. The van der Waals surface area contributed by atoms with Gasteiger partial charge in [0.1, 0.15) is 17.1 Å². The number of ketones is 1. The zero-order valence-corrected chi connectivity index (χ0v) is 13.7. The van der Waals surface area contributed by atoms with Gasteiger partial charge in [-0.25, -0.2) is 9.59 Å². The molecule has 0 unspecified atom stereocenters. The standard InChI is InChI=1S/C18H15NO7/c1-10(20)11-6-7-14(21)13(8-11)18(24)26-16(22)9-25-15-5-3-2-4-12(15)17(19)23/h2-8,21H,9H2,1H3,(H2,19,23). The summed E-state index contributed by atoms with van der Waals surface area (Å²) in [7, 11) is 0. The quantitative estimate of drug-likeness (QED) is 0.454. The van der Waals surface area contributed by atoms with Crippen LogP contribution in [0.1, 0.15) is 38.0 Å². The monoisotopic (exact) mass is 357 g/mol. The van der Waals surface area contributed by atoms with Crippen LogP contribution in [0, 0.1) is 0 Å². The minimum Gasteiger partial charge on any atom is -0.507 e. The van der Waals surface area contributed by atoms with Crippen molar-refractivity contribution in [2.24, 2.45) is 5.73 Å². The van der Waals surface area contributed by atoms with Gasteiger partial charge in [-0.15, -0.1) is 0 Å². The molecule has 0 saturated heterocycles. The highest BCUT2D eigenvalue weighted by molar-refractivity contribution is 6.02. The summed E-state index contributed by atoms with van der Waals surface area (Å²) in [4.78, 5) is 46.4. The zero-order valence-electron chi connectivity index (χ0n) is 13.7. The van der Waals surface area contributed by atoms with Gasteiger partial charge in [0.15, 0.2) is 12.4 Å². The van der Waals surface area contributed by atoms with Gasteiger partial charge in [-0.05, 0) is 37.3 Å². The third-order valence-electron chi connectivity index (χ3n) is 3.33. The number of carbonyl (C=O) groups is 4. The number of hydrogen-bond donors (Lipinski definition) is 2. The maximum Gasteiger partial charge on any atom is 0.352 e. The van der Waals surface area contributed by atoms with Crippen LogP contribution in [-0.2, 0) is 9.53 Å². The molecule has 8 heteroatoms. The number of hydrogen-bond acceptors (Lipinski definition) is 7. The number of Topliss-reactive ketones (excluding diaryl/α,β-unsaturated/α-hetero) is 1. The van der Waals surface area contributed by atoms with Crippen molar-refractivity contribution in [1.82, 2.24) is 0 Å². The Morgan fingerprint density at radius 2 is 1.73 bits per heavy atom. The molecule has 0 bridgehead atoms. The number of primary amides is 1. The van der Waals surface area contributed by atoms with Crippen LogP contribution in [-0.4, -0.2) is 35.3 Å². The summed E-state index contributed by atoms with van der Waals surface area (Å²) in [6, 6.07) is 9.59. The predicted octanol–water partition coefficient (Wildman–Crippen LogP) is 1.46. The molecular formula is C18H15NO7. The van der Waals surface area contributed by atoms with Crippen LogP contribution in [0.25, 0.3) is 0 Å². The molecule has 0 heterocycles.